The van der Waals surface area contributed by atoms with Crippen molar-refractivity contribution in [1.29, 1.82) is 0 Å². The van der Waals surface area contributed by atoms with Gasteiger partial charge in [0.15, 0.2) is 0 Å². The molecule has 7 heteroatoms. The summed E-state index contributed by atoms with van der Waals surface area (Å²) in [5.41, 5.74) is 1.24. The second-order valence-electron chi connectivity index (χ2n) is 6.74. The average molecular weight is 343 g/mol. The first-order chi connectivity index (χ1) is 12.2. The Kier molecular flexibility index (Phi) is 4.50. The summed E-state index contributed by atoms with van der Waals surface area (Å²) < 4.78 is 16.9. The number of hydrogen-bond donors (Lipinski definition) is 0. The number of likely N-dealkylation sites (tertiary alicyclic amines) is 1. The van der Waals surface area contributed by atoms with Crippen molar-refractivity contribution in [2.75, 3.05) is 19.7 Å². The zero-order valence-electron chi connectivity index (χ0n) is 14.0. The van der Waals surface area contributed by atoms with Gasteiger partial charge in [0.25, 0.3) is 5.91 Å². The lowest BCUT2D eigenvalue weighted by Crippen LogP contribution is -2.50. The molecule has 4 rings (SSSR count). The molecule has 2 saturated heterocycles. The van der Waals surface area contributed by atoms with Gasteiger partial charge in [-0.25, -0.2) is 0 Å². The molecule has 1 spiro atoms. The summed E-state index contributed by atoms with van der Waals surface area (Å²) >= 11 is 0. The van der Waals surface area contributed by atoms with Gasteiger partial charge in [0.1, 0.15) is 6.26 Å². The highest BCUT2D eigenvalue weighted by atomic mass is 16.6. The number of hydrogen-bond acceptors (Lipinski definition) is 6. The second kappa shape index (κ2) is 6.93. The van der Waals surface area contributed by atoms with Crippen molar-refractivity contribution in [3.8, 4) is 0 Å². The van der Waals surface area contributed by atoms with Crippen LogP contribution < -0.4 is 0 Å². The van der Waals surface area contributed by atoms with Gasteiger partial charge < -0.3 is 18.9 Å². The smallest absolute Gasteiger partial charge is 0.258 e. The van der Waals surface area contributed by atoms with Crippen molar-refractivity contribution < 1.29 is 18.8 Å². The molecule has 2 aliphatic rings. The lowest BCUT2D eigenvalue weighted by Gasteiger charge is -2.39. The first-order valence-electron chi connectivity index (χ1n) is 8.57. The van der Waals surface area contributed by atoms with E-state index in [-0.39, 0.29) is 17.6 Å². The van der Waals surface area contributed by atoms with Gasteiger partial charge in [0, 0.05) is 25.4 Å². The largest absolute Gasteiger partial charge is 0.371 e. The molecule has 0 saturated carbocycles. The summed E-state index contributed by atoms with van der Waals surface area (Å²) in [5, 5.41) is 3.61. The number of rotatable bonds is 4. The molecule has 2 aromatic rings. The van der Waals surface area contributed by atoms with Gasteiger partial charge in [-0.1, -0.05) is 11.2 Å². The van der Waals surface area contributed by atoms with E-state index in [4.69, 9.17) is 14.0 Å². The summed E-state index contributed by atoms with van der Waals surface area (Å²) in [6.45, 7) is 2.41. The number of carbonyl (C=O) groups excluding carboxylic acids is 1. The first kappa shape index (κ1) is 16.2. The maximum atomic E-state index is 12.5. The zero-order valence-corrected chi connectivity index (χ0v) is 14.0. The molecular weight excluding hydrogens is 322 g/mol. The van der Waals surface area contributed by atoms with E-state index in [0.717, 1.165) is 31.4 Å². The van der Waals surface area contributed by atoms with Crippen LogP contribution in [0.4, 0.5) is 0 Å². The molecule has 0 N–H and O–H groups in total. The SMILES string of the molecule is O=C(c1cnoc1)N1CCC[C@]2(C[C@H](OCc3cccnc3)CO2)C1. The van der Waals surface area contributed by atoms with Crippen molar-refractivity contribution in [2.45, 2.75) is 37.6 Å². The van der Waals surface area contributed by atoms with Crippen LogP contribution in [0.2, 0.25) is 0 Å². The highest BCUT2D eigenvalue weighted by Crippen LogP contribution is 2.36. The Morgan fingerprint density at radius 2 is 2.40 bits per heavy atom. The molecule has 0 aliphatic carbocycles. The minimum Gasteiger partial charge on any atom is -0.371 e. The molecule has 2 aromatic heterocycles. The first-order valence-corrected chi connectivity index (χ1v) is 8.57. The van der Waals surface area contributed by atoms with Crippen LogP contribution in [-0.2, 0) is 16.1 Å². The Morgan fingerprint density at radius 1 is 1.44 bits per heavy atom. The van der Waals surface area contributed by atoms with E-state index in [1.165, 1.54) is 12.5 Å². The predicted molar refractivity (Wildman–Crippen MR) is 87.8 cm³/mol. The fourth-order valence-corrected chi connectivity index (χ4v) is 3.66. The minimum absolute atomic E-state index is 0.0471. The topological polar surface area (TPSA) is 77.7 Å². The van der Waals surface area contributed by atoms with Gasteiger partial charge in [-0.05, 0) is 24.5 Å². The quantitative estimate of drug-likeness (QED) is 0.845. The lowest BCUT2D eigenvalue weighted by molar-refractivity contribution is -0.0466. The molecule has 2 fully saturated rings. The fourth-order valence-electron chi connectivity index (χ4n) is 3.66. The molecule has 7 nitrogen and oxygen atoms in total. The number of pyridine rings is 1. The van der Waals surface area contributed by atoms with Crippen LogP contribution in [0.5, 0.6) is 0 Å². The van der Waals surface area contributed by atoms with E-state index in [2.05, 4.69) is 10.1 Å². The maximum Gasteiger partial charge on any atom is 0.258 e. The van der Waals surface area contributed by atoms with Gasteiger partial charge in [-0.15, -0.1) is 0 Å². The van der Waals surface area contributed by atoms with Crippen molar-refractivity contribution in [3.63, 3.8) is 0 Å². The van der Waals surface area contributed by atoms with Crippen molar-refractivity contribution >= 4 is 5.91 Å². The van der Waals surface area contributed by atoms with E-state index < -0.39 is 0 Å². The number of amides is 1. The van der Waals surface area contributed by atoms with E-state index in [0.29, 0.717) is 25.3 Å². The molecule has 0 unspecified atom stereocenters. The predicted octanol–water partition coefficient (Wildman–Crippen LogP) is 2.05. The molecule has 4 heterocycles. The lowest BCUT2D eigenvalue weighted by atomic mass is 9.89. The highest BCUT2D eigenvalue weighted by molar-refractivity contribution is 5.93. The Balaban J connectivity index is 1.35. The summed E-state index contributed by atoms with van der Waals surface area (Å²) in [6.07, 6.45) is 9.13. The van der Waals surface area contributed by atoms with Crippen molar-refractivity contribution in [3.05, 3.63) is 48.1 Å². The van der Waals surface area contributed by atoms with Crippen LogP contribution in [0.3, 0.4) is 0 Å². The Labute approximate surface area is 145 Å². The van der Waals surface area contributed by atoms with E-state index in [9.17, 15) is 4.79 Å². The van der Waals surface area contributed by atoms with Crippen LogP contribution >= 0.6 is 0 Å². The average Bonchev–Trinajstić information content (AvgIpc) is 3.31. The molecule has 1 amide bonds. The van der Waals surface area contributed by atoms with Crippen LogP contribution in [0.15, 0.2) is 41.5 Å². The van der Waals surface area contributed by atoms with Crippen molar-refractivity contribution in [2.24, 2.45) is 0 Å². The summed E-state index contributed by atoms with van der Waals surface area (Å²) in [7, 11) is 0. The molecule has 0 radical (unpaired) electrons. The molecule has 0 aromatic carbocycles. The van der Waals surface area contributed by atoms with Crippen LogP contribution in [0.25, 0.3) is 0 Å². The molecule has 2 aliphatic heterocycles. The van der Waals surface area contributed by atoms with Crippen LogP contribution in [0, 0.1) is 0 Å². The minimum atomic E-state index is -0.301. The highest BCUT2D eigenvalue weighted by Gasteiger charge is 2.45. The van der Waals surface area contributed by atoms with E-state index in [1.807, 2.05) is 23.2 Å². The Hall–Kier alpha value is -2.25. The second-order valence-corrected chi connectivity index (χ2v) is 6.74. The Bertz CT molecular complexity index is 706. The molecule has 2 atom stereocenters. The van der Waals surface area contributed by atoms with Gasteiger partial charge >= 0.3 is 0 Å². The zero-order chi connectivity index (χ0) is 17.1. The molecular formula is C18H21N3O4. The fraction of sp³-hybridized carbons (Fsp3) is 0.500. The summed E-state index contributed by atoms with van der Waals surface area (Å²) in [6, 6.07) is 3.90. The third-order valence-corrected chi connectivity index (χ3v) is 4.89. The van der Waals surface area contributed by atoms with Crippen molar-refractivity contribution in [1.82, 2.24) is 15.0 Å². The Morgan fingerprint density at radius 3 is 3.20 bits per heavy atom. The monoisotopic (exact) mass is 343 g/mol. The van der Waals surface area contributed by atoms with Crippen LogP contribution in [-0.4, -0.2) is 52.3 Å². The molecule has 0 bridgehead atoms. The van der Waals surface area contributed by atoms with Gasteiger partial charge in [-0.2, -0.15) is 0 Å². The number of piperidine rings is 1. The third kappa shape index (κ3) is 3.57. The number of carbonyl (C=O) groups is 1. The number of aromatic nitrogens is 2. The third-order valence-electron chi connectivity index (χ3n) is 4.89. The van der Waals surface area contributed by atoms with E-state index in [1.54, 1.807) is 6.20 Å². The normalized spacial score (nSPS) is 26.2. The van der Waals surface area contributed by atoms with Gasteiger partial charge in [0.2, 0.25) is 0 Å². The molecule has 25 heavy (non-hydrogen) atoms. The van der Waals surface area contributed by atoms with Crippen LogP contribution in [0.1, 0.15) is 35.2 Å². The molecule has 132 valence electrons. The summed E-state index contributed by atoms with van der Waals surface area (Å²) in [5.74, 6) is -0.0522. The van der Waals surface area contributed by atoms with Gasteiger partial charge in [-0.3, -0.25) is 9.78 Å². The standard InChI is InChI=1S/C18H21N3O4/c22-17(15-9-20-25-11-15)21-6-2-4-18(13-21)7-16(12-24-18)23-10-14-3-1-5-19-8-14/h1,3,5,8-9,11,16H,2,4,6-7,10,12-13H2/t16-,18-/m0/s1. The van der Waals surface area contributed by atoms with E-state index >= 15 is 0 Å². The summed E-state index contributed by atoms with van der Waals surface area (Å²) in [4.78, 5) is 18.5. The maximum absolute atomic E-state index is 12.5. The van der Waals surface area contributed by atoms with Gasteiger partial charge in [0.05, 0.1) is 43.2 Å². The number of nitrogens with zero attached hydrogens (tertiary/aromatic N) is 3. The number of ether oxygens (including phenoxy) is 2.